The molecule has 0 saturated carbocycles. The highest BCUT2D eigenvalue weighted by atomic mass is 16.4. The van der Waals surface area contributed by atoms with Crippen molar-refractivity contribution in [2.45, 2.75) is 123 Å². The maximum absolute atomic E-state index is 10.4. The van der Waals surface area contributed by atoms with Crippen molar-refractivity contribution in [3.05, 3.63) is 23.9 Å². The average molecular weight is 434 g/mol. The van der Waals surface area contributed by atoms with Crippen molar-refractivity contribution < 1.29 is 9.90 Å². The fourth-order valence-electron chi connectivity index (χ4n) is 3.51. The Morgan fingerprint density at radius 1 is 0.839 bits per heavy atom. The molecule has 0 unspecified atom stereocenters. The van der Waals surface area contributed by atoms with Crippen LogP contribution in [0.1, 0.15) is 123 Å². The Morgan fingerprint density at radius 3 is 2.00 bits per heavy atom. The number of carbonyl (C=O) groups excluding carboxylic acids is 1. The Labute approximate surface area is 192 Å². The van der Waals surface area contributed by atoms with Gasteiger partial charge in [0, 0.05) is 23.2 Å². The molecular weight excluding hydrogens is 384 g/mol. The third-order valence-electron chi connectivity index (χ3n) is 5.38. The summed E-state index contributed by atoms with van der Waals surface area (Å²) in [5.74, 6) is -1.04. The monoisotopic (exact) mass is 433 g/mol. The minimum Gasteiger partial charge on any atom is -0.550 e. The van der Waals surface area contributed by atoms with Crippen molar-refractivity contribution in [2.24, 2.45) is 0 Å². The van der Waals surface area contributed by atoms with Crippen molar-refractivity contribution in [3.8, 4) is 0 Å². The van der Waals surface area contributed by atoms with Gasteiger partial charge in [0.1, 0.15) is 0 Å². The van der Waals surface area contributed by atoms with E-state index in [9.17, 15) is 9.90 Å². The number of hydrogen-bond acceptors (Lipinski definition) is 4. The summed E-state index contributed by atoms with van der Waals surface area (Å²) in [4.78, 5) is 14.5. The number of rotatable bonds is 23. The molecule has 0 atom stereocenters. The highest BCUT2D eigenvalue weighted by Crippen LogP contribution is 2.10. The molecule has 0 aromatic carbocycles. The van der Waals surface area contributed by atoms with Crippen molar-refractivity contribution >= 4 is 12.2 Å². The number of nitrogens with one attached hydrogen (secondary N) is 1. The zero-order valence-corrected chi connectivity index (χ0v) is 20.5. The first-order chi connectivity index (χ1) is 15.2. The van der Waals surface area contributed by atoms with Gasteiger partial charge in [0.2, 0.25) is 12.8 Å². The molecule has 0 fully saturated rings. The summed E-state index contributed by atoms with van der Waals surface area (Å²) >= 11 is 0. The summed E-state index contributed by atoms with van der Waals surface area (Å²) in [7, 11) is 0. The Kier molecular flexibility index (Phi) is 23.4. The third kappa shape index (κ3) is 24.6. The van der Waals surface area contributed by atoms with Gasteiger partial charge < -0.3 is 15.2 Å². The molecular formula is C27H49N2O2. The molecule has 0 saturated heterocycles. The van der Waals surface area contributed by atoms with Crippen LogP contribution in [0.2, 0.25) is 0 Å². The summed E-state index contributed by atoms with van der Waals surface area (Å²) in [6.07, 6.45) is 29.1. The molecule has 0 aromatic rings. The lowest BCUT2D eigenvalue weighted by atomic mass is 10.1. The number of carboxylic acids is 1. The molecule has 4 heteroatoms. The second kappa shape index (κ2) is 24.7. The Morgan fingerprint density at radius 2 is 1.42 bits per heavy atom. The number of aliphatic imine (C=N–C) groups is 1. The molecule has 1 N–H and O–H groups in total. The zero-order chi connectivity index (χ0) is 22.8. The predicted molar refractivity (Wildman–Crippen MR) is 133 cm³/mol. The van der Waals surface area contributed by atoms with Crippen molar-refractivity contribution in [1.82, 2.24) is 10.3 Å². The maximum Gasteiger partial charge on any atom is 0.217 e. The van der Waals surface area contributed by atoms with E-state index in [1.165, 1.54) is 95.6 Å². The molecule has 0 bridgehead atoms. The van der Waals surface area contributed by atoms with Gasteiger partial charge >= 0.3 is 0 Å². The minimum atomic E-state index is -1.04. The molecule has 1 radical (unpaired) electrons. The predicted octanol–water partition coefficient (Wildman–Crippen LogP) is 5.84. The van der Waals surface area contributed by atoms with Crippen LogP contribution in [-0.4, -0.2) is 25.3 Å². The second-order valence-electron chi connectivity index (χ2n) is 8.42. The van der Waals surface area contributed by atoms with Gasteiger partial charge in [0.05, 0.1) is 12.8 Å². The normalized spacial score (nSPS) is 12.3. The topological polar surface area (TPSA) is 66.3 Å². The van der Waals surface area contributed by atoms with Crippen LogP contribution in [0.3, 0.4) is 0 Å². The van der Waals surface area contributed by atoms with E-state index >= 15 is 0 Å². The summed E-state index contributed by atoms with van der Waals surface area (Å²) in [5, 5.41) is 13.9. The van der Waals surface area contributed by atoms with Crippen LogP contribution in [0, 0.1) is 0 Å². The number of carbonyl (C=O) groups is 1. The first-order valence-electron chi connectivity index (χ1n) is 13.0. The van der Waals surface area contributed by atoms with Gasteiger partial charge in [-0.2, -0.15) is 0 Å². The van der Waals surface area contributed by atoms with Crippen LogP contribution in [-0.2, 0) is 4.79 Å². The van der Waals surface area contributed by atoms with Crippen LogP contribution in [0.15, 0.2) is 23.9 Å². The quantitative estimate of drug-likeness (QED) is 0.125. The zero-order valence-electron chi connectivity index (χ0n) is 20.5. The van der Waals surface area contributed by atoms with Gasteiger partial charge in [-0.25, -0.2) is 0 Å². The first kappa shape index (κ1) is 29.4. The van der Waals surface area contributed by atoms with Crippen LogP contribution >= 0.6 is 0 Å². The number of hydrogen-bond donors (Lipinski definition) is 1. The highest BCUT2D eigenvalue weighted by Gasteiger charge is 2.00. The Balaban J connectivity index is 3.49. The van der Waals surface area contributed by atoms with E-state index in [-0.39, 0.29) is 6.42 Å². The van der Waals surface area contributed by atoms with Crippen LogP contribution in [0.4, 0.5) is 0 Å². The molecule has 0 heterocycles. The number of allylic oxidation sites excluding steroid dienone is 4. The third-order valence-corrected chi connectivity index (χ3v) is 5.38. The smallest absolute Gasteiger partial charge is 0.217 e. The maximum atomic E-state index is 10.4. The van der Waals surface area contributed by atoms with Crippen molar-refractivity contribution in [2.75, 3.05) is 13.1 Å². The molecule has 0 aliphatic heterocycles. The van der Waals surface area contributed by atoms with Gasteiger partial charge in [0.25, 0.3) is 0 Å². The Bertz CT molecular complexity index is 484. The van der Waals surface area contributed by atoms with Gasteiger partial charge in [-0.15, -0.1) is 0 Å². The SMILES string of the molecule is CCC=C(CC=[N+]CCC(=O)[O-])NCCCCCCCC/C=C\CCCCCCCC. The van der Waals surface area contributed by atoms with Crippen LogP contribution in [0.5, 0.6) is 0 Å². The van der Waals surface area contributed by atoms with Crippen molar-refractivity contribution in [1.29, 1.82) is 0 Å². The van der Waals surface area contributed by atoms with Crippen molar-refractivity contribution in [3.63, 3.8) is 0 Å². The number of unbranched alkanes of at least 4 members (excludes halogenated alkanes) is 12. The molecule has 0 aliphatic carbocycles. The van der Waals surface area contributed by atoms with E-state index in [0.29, 0.717) is 6.54 Å². The van der Waals surface area contributed by atoms with Gasteiger partial charge in [0.15, 0.2) is 0 Å². The van der Waals surface area contributed by atoms with E-state index in [2.05, 4.69) is 42.4 Å². The second-order valence-corrected chi connectivity index (χ2v) is 8.42. The van der Waals surface area contributed by atoms with Gasteiger partial charge in [-0.1, -0.05) is 89.9 Å². The van der Waals surface area contributed by atoms with E-state index in [4.69, 9.17) is 0 Å². The summed E-state index contributed by atoms with van der Waals surface area (Å²) in [6.45, 7) is 5.70. The minimum absolute atomic E-state index is 0.00770. The first-order valence-corrected chi connectivity index (χ1v) is 13.0. The molecule has 179 valence electrons. The standard InChI is InChI=1S/C27H50N2O2/c1-3-5-6-7-8-9-10-11-12-13-14-15-16-17-18-19-23-29-26(20-4-2)21-24-28-25-22-27(30)31/h11-12,20,24,29H,3-10,13-19,21-23,25H2,1-2H3,(H,30,31)/q+1/p-1/b12-11-,26-20?,28-24?. The van der Waals surface area contributed by atoms with E-state index < -0.39 is 5.97 Å². The lowest BCUT2D eigenvalue weighted by Crippen LogP contribution is -2.24. The molecule has 0 rings (SSSR count). The number of nitrogens with zero attached hydrogens (tertiary/aromatic N) is 1. The lowest BCUT2D eigenvalue weighted by Gasteiger charge is -2.08. The molecule has 4 nitrogen and oxygen atoms in total. The summed E-state index contributed by atoms with van der Waals surface area (Å²) in [6, 6.07) is 0. The molecule has 0 amide bonds. The van der Waals surface area contributed by atoms with Gasteiger partial charge in [-0.05, 0) is 38.5 Å². The van der Waals surface area contributed by atoms with Crippen LogP contribution < -0.4 is 15.4 Å². The largest absolute Gasteiger partial charge is 0.550 e. The molecule has 0 aromatic heterocycles. The number of carboxylic acid groups (broad SMARTS) is 1. The fraction of sp³-hybridized carbons (Fsp3) is 0.778. The number of aliphatic carboxylic acids is 1. The van der Waals surface area contributed by atoms with E-state index in [1.54, 1.807) is 6.21 Å². The highest BCUT2D eigenvalue weighted by molar-refractivity contribution is 5.65. The van der Waals surface area contributed by atoms with E-state index in [0.717, 1.165) is 19.4 Å². The van der Waals surface area contributed by atoms with Gasteiger partial charge in [-0.3, -0.25) is 0 Å². The molecule has 0 spiro atoms. The molecule has 31 heavy (non-hydrogen) atoms. The summed E-state index contributed by atoms with van der Waals surface area (Å²) in [5.41, 5.74) is 1.19. The summed E-state index contributed by atoms with van der Waals surface area (Å²) < 4.78 is 0. The fourth-order valence-corrected chi connectivity index (χ4v) is 3.51. The van der Waals surface area contributed by atoms with Crippen LogP contribution in [0.25, 0.3) is 0 Å². The molecule has 0 aliphatic rings. The Hall–Kier alpha value is -1.58. The van der Waals surface area contributed by atoms with E-state index in [1.807, 2.05) is 0 Å². The lowest BCUT2D eigenvalue weighted by molar-refractivity contribution is -0.305. The average Bonchev–Trinajstić information content (AvgIpc) is 2.75.